The van der Waals surface area contributed by atoms with Crippen LogP contribution in [0.1, 0.15) is 0 Å². The Bertz CT molecular complexity index is 722. The van der Waals surface area contributed by atoms with Crippen molar-refractivity contribution in [2.24, 2.45) is 0 Å². The van der Waals surface area contributed by atoms with Gasteiger partial charge in [-0.1, -0.05) is 11.8 Å². The van der Waals surface area contributed by atoms with Crippen LogP contribution in [0.15, 0.2) is 53.9 Å². The maximum absolute atomic E-state index is 13.0. The van der Waals surface area contributed by atoms with Gasteiger partial charge < -0.3 is 4.98 Å². The molecule has 20 heavy (non-hydrogen) atoms. The van der Waals surface area contributed by atoms with Gasteiger partial charge in [0.15, 0.2) is 5.16 Å². The second kappa shape index (κ2) is 5.46. The van der Waals surface area contributed by atoms with E-state index in [1.807, 2.05) is 24.6 Å². The van der Waals surface area contributed by atoms with Crippen molar-refractivity contribution in [1.29, 1.82) is 0 Å². The SMILES string of the molecule is CSc1nccc(-c2cc[nH]c2-c2ccc(F)cc2)n1. The van der Waals surface area contributed by atoms with E-state index in [0.29, 0.717) is 0 Å². The Balaban J connectivity index is 2.07. The maximum Gasteiger partial charge on any atom is 0.187 e. The lowest BCUT2D eigenvalue weighted by molar-refractivity contribution is 0.628. The van der Waals surface area contributed by atoms with E-state index < -0.39 is 0 Å². The van der Waals surface area contributed by atoms with Gasteiger partial charge >= 0.3 is 0 Å². The molecule has 0 aliphatic heterocycles. The summed E-state index contributed by atoms with van der Waals surface area (Å²) in [5, 5.41) is 0.730. The predicted octanol–water partition coefficient (Wildman–Crippen LogP) is 4.00. The fraction of sp³-hybridized carbons (Fsp3) is 0.0667. The van der Waals surface area contributed by atoms with E-state index in [-0.39, 0.29) is 5.82 Å². The first-order chi connectivity index (χ1) is 9.78. The number of H-pyrrole nitrogens is 1. The van der Waals surface area contributed by atoms with Crippen LogP contribution in [0.4, 0.5) is 4.39 Å². The minimum Gasteiger partial charge on any atom is -0.361 e. The molecule has 0 spiro atoms. The molecule has 0 saturated heterocycles. The summed E-state index contributed by atoms with van der Waals surface area (Å²) in [5.41, 5.74) is 3.69. The Morgan fingerprint density at radius 2 is 1.90 bits per heavy atom. The van der Waals surface area contributed by atoms with E-state index in [1.54, 1.807) is 18.3 Å². The van der Waals surface area contributed by atoms with Crippen LogP contribution in [0.5, 0.6) is 0 Å². The molecular weight excluding hydrogens is 273 g/mol. The highest BCUT2D eigenvalue weighted by molar-refractivity contribution is 7.98. The lowest BCUT2D eigenvalue weighted by Gasteiger charge is -2.05. The number of hydrogen-bond acceptors (Lipinski definition) is 3. The van der Waals surface area contributed by atoms with E-state index in [4.69, 9.17) is 0 Å². The smallest absolute Gasteiger partial charge is 0.187 e. The molecule has 0 saturated carbocycles. The Kier molecular flexibility index (Phi) is 3.52. The van der Waals surface area contributed by atoms with Crippen LogP contribution < -0.4 is 0 Å². The third kappa shape index (κ3) is 2.44. The third-order valence-electron chi connectivity index (χ3n) is 2.97. The first-order valence-electron chi connectivity index (χ1n) is 6.08. The van der Waals surface area contributed by atoms with E-state index in [2.05, 4.69) is 15.0 Å². The van der Waals surface area contributed by atoms with Gasteiger partial charge in [0.1, 0.15) is 5.82 Å². The van der Waals surface area contributed by atoms with Crippen LogP contribution >= 0.6 is 11.8 Å². The molecule has 0 fully saturated rings. The Hall–Kier alpha value is -2.14. The Morgan fingerprint density at radius 1 is 1.10 bits per heavy atom. The van der Waals surface area contributed by atoms with Gasteiger partial charge in [-0.2, -0.15) is 0 Å². The van der Waals surface area contributed by atoms with Crippen LogP contribution in [0.25, 0.3) is 22.5 Å². The molecule has 2 aromatic heterocycles. The first-order valence-corrected chi connectivity index (χ1v) is 7.31. The van der Waals surface area contributed by atoms with Crippen LogP contribution in [-0.4, -0.2) is 21.2 Å². The largest absolute Gasteiger partial charge is 0.361 e. The average Bonchev–Trinajstić information content (AvgIpc) is 2.97. The second-order valence-electron chi connectivity index (χ2n) is 4.20. The normalized spacial score (nSPS) is 10.7. The quantitative estimate of drug-likeness (QED) is 0.584. The van der Waals surface area contributed by atoms with Gasteiger partial charge in [0.25, 0.3) is 0 Å². The van der Waals surface area contributed by atoms with Crippen molar-refractivity contribution in [2.75, 3.05) is 6.26 Å². The lowest BCUT2D eigenvalue weighted by Crippen LogP contribution is -1.90. The van der Waals surface area contributed by atoms with Crippen molar-refractivity contribution in [3.8, 4) is 22.5 Å². The molecule has 0 radical (unpaired) electrons. The molecule has 1 aromatic carbocycles. The zero-order chi connectivity index (χ0) is 13.9. The van der Waals surface area contributed by atoms with Crippen LogP contribution in [0, 0.1) is 5.82 Å². The topological polar surface area (TPSA) is 41.6 Å². The minimum atomic E-state index is -0.242. The van der Waals surface area contributed by atoms with Crippen LogP contribution in [-0.2, 0) is 0 Å². The maximum atomic E-state index is 13.0. The summed E-state index contributed by atoms with van der Waals surface area (Å²) < 4.78 is 13.0. The molecule has 3 nitrogen and oxygen atoms in total. The molecule has 0 bridgehead atoms. The molecule has 0 atom stereocenters. The molecule has 1 N–H and O–H groups in total. The number of nitrogens with zero attached hydrogens (tertiary/aromatic N) is 2. The number of hydrogen-bond donors (Lipinski definition) is 1. The third-order valence-corrected chi connectivity index (χ3v) is 3.53. The number of nitrogens with one attached hydrogen (secondary N) is 1. The average molecular weight is 285 g/mol. The van der Waals surface area contributed by atoms with Crippen molar-refractivity contribution in [2.45, 2.75) is 5.16 Å². The molecule has 3 rings (SSSR count). The monoisotopic (exact) mass is 285 g/mol. The number of halogens is 1. The number of benzene rings is 1. The highest BCUT2D eigenvalue weighted by atomic mass is 32.2. The van der Waals surface area contributed by atoms with Crippen molar-refractivity contribution in [3.05, 3.63) is 54.6 Å². The molecule has 5 heteroatoms. The highest BCUT2D eigenvalue weighted by Crippen LogP contribution is 2.30. The first kappa shape index (κ1) is 12.9. The van der Waals surface area contributed by atoms with Crippen LogP contribution in [0.2, 0.25) is 0 Å². The Morgan fingerprint density at radius 3 is 2.65 bits per heavy atom. The second-order valence-corrected chi connectivity index (χ2v) is 4.98. The minimum absolute atomic E-state index is 0.242. The summed E-state index contributed by atoms with van der Waals surface area (Å²) >= 11 is 1.50. The van der Waals surface area contributed by atoms with Gasteiger partial charge in [-0.05, 0) is 48.2 Å². The van der Waals surface area contributed by atoms with Gasteiger partial charge in [-0.15, -0.1) is 0 Å². The summed E-state index contributed by atoms with van der Waals surface area (Å²) in [6.07, 6.45) is 5.54. The van der Waals surface area contributed by atoms with Crippen molar-refractivity contribution in [3.63, 3.8) is 0 Å². The van der Waals surface area contributed by atoms with Gasteiger partial charge in [0.05, 0.1) is 11.4 Å². The fourth-order valence-corrected chi connectivity index (χ4v) is 2.38. The summed E-state index contributed by atoms with van der Waals surface area (Å²) in [7, 11) is 0. The zero-order valence-electron chi connectivity index (χ0n) is 10.8. The summed E-state index contributed by atoms with van der Waals surface area (Å²) in [4.78, 5) is 11.9. The van der Waals surface area contributed by atoms with Crippen molar-refractivity contribution < 1.29 is 4.39 Å². The van der Waals surface area contributed by atoms with Gasteiger partial charge in [-0.3, -0.25) is 0 Å². The van der Waals surface area contributed by atoms with E-state index in [1.165, 1.54) is 23.9 Å². The number of thioether (sulfide) groups is 1. The van der Waals surface area contributed by atoms with Gasteiger partial charge in [0.2, 0.25) is 0 Å². The van der Waals surface area contributed by atoms with Gasteiger partial charge in [0, 0.05) is 18.0 Å². The summed E-state index contributed by atoms with van der Waals surface area (Å²) in [6.45, 7) is 0. The Labute approximate surface area is 120 Å². The predicted molar refractivity (Wildman–Crippen MR) is 79.0 cm³/mol. The zero-order valence-corrected chi connectivity index (χ0v) is 11.6. The molecule has 0 amide bonds. The molecule has 3 aromatic rings. The molecule has 2 heterocycles. The summed E-state index contributed by atoms with van der Waals surface area (Å²) in [6, 6.07) is 10.2. The molecule has 0 unspecified atom stereocenters. The van der Waals surface area contributed by atoms with E-state index in [0.717, 1.165) is 27.7 Å². The van der Waals surface area contributed by atoms with Crippen molar-refractivity contribution in [1.82, 2.24) is 15.0 Å². The molecule has 100 valence electrons. The standard InChI is InChI=1S/C15H12FN3S/c1-20-15-18-9-7-13(19-15)12-6-8-17-14(12)10-2-4-11(16)5-3-10/h2-9,17H,1H3. The van der Waals surface area contributed by atoms with E-state index >= 15 is 0 Å². The summed E-state index contributed by atoms with van der Waals surface area (Å²) in [5.74, 6) is -0.242. The van der Waals surface area contributed by atoms with Crippen LogP contribution in [0.3, 0.4) is 0 Å². The molecule has 0 aliphatic carbocycles. The van der Waals surface area contributed by atoms with E-state index in [9.17, 15) is 4.39 Å². The fourth-order valence-electron chi connectivity index (χ4n) is 2.03. The molecule has 0 aliphatic rings. The lowest BCUT2D eigenvalue weighted by atomic mass is 10.1. The van der Waals surface area contributed by atoms with Gasteiger partial charge in [-0.25, -0.2) is 14.4 Å². The number of aromatic nitrogens is 3. The number of aromatic amines is 1. The van der Waals surface area contributed by atoms with Crippen molar-refractivity contribution >= 4 is 11.8 Å². The number of rotatable bonds is 3. The highest BCUT2D eigenvalue weighted by Gasteiger charge is 2.10. The molecular formula is C15H12FN3S.